The Hall–Kier alpha value is -3.40. The highest BCUT2D eigenvalue weighted by Crippen LogP contribution is 2.28. The maximum Gasteiger partial charge on any atom is 0.264 e. The zero-order valence-corrected chi connectivity index (χ0v) is 19.2. The van der Waals surface area contributed by atoms with Crippen molar-refractivity contribution in [1.29, 1.82) is 0 Å². The highest BCUT2D eigenvalue weighted by Gasteiger charge is 2.20. The Bertz CT molecular complexity index is 1420. The van der Waals surface area contributed by atoms with E-state index in [1.807, 2.05) is 12.1 Å². The molecule has 0 amide bonds. The van der Waals surface area contributed by atoms with Gasteiger partial charge < -0.3 is 5.32 Å². The van der Waals surface area contributed by atoms with Gasteiger partial charge in [-0.1, -0.05) is 54.1 Å². The van der Waals surface area contributed by atoms with Crippen LogP contribution in [0.2, 0.25) is 5.02 Å². The van der Waals surface area contributed by atoms with Crippen LogP contribution in [-0.4, -0.2) is 18.4 Å². The van der Waals surface area contributed by atoms with Crippen molar-refractivity contribution in [3.05, 3.63) is 107 Å². The lowest BCUT2D eigenvalue weighted by atomic mass is 10.1. The van der Waals surface area contributed by atoms with Gasteiger partial charge in [0.1, 0.15) is 22.2 Å². The van der Waals surface area contributed by atoms with Crippen molar-refractivity contribution in [3.8, 4) is 11.3 Å². The van der Waals surface area contributed by atoms with Crippen LogP contribution in [0.15, 0.2) is 84.0 Å². The Morgan fingerprint density at radius 1 is 0.882 bits per heavy atom. The third-order valence-electron chi connectivity index (χ3n) is 4.94. The largest absolute Gasteiger partial charge is 0.309 e. The SMILES string of the molecule is O=S(=O)(Nc1nccnc1-c1ccc(CNCc2ccc(F)cc2F)cc1)c1ccccc1Cl. The first-order valence-corrected chi connectivity index (χ1v) is 12.0. The van der Waals surface area contributed by atoms with Gasteiger partial charge in [-0.05, 0) is 23.8 Å². The molecule has 4 rings (SSSR count). The molecule has 0 aliphatic rings. The Morgan fingerprint density at radius 3 is 2.35 bits per heavy atom. The van der Waals surface area contributed by atoms with Gasteiger partial charge >= 0.3 is 0 Å². The number of nitrogens with zero attached hydrogens (tertiary/aromatic N) is 2. The molecule has 10 heteroatoms. The third-order valence-corrected chi connectivity index (χ3v) is 6.78. The van der Waals surface area contributed by atoms with Gasteiger partial charge in [-0.2, -0.15) is 0 Å². The Labute approximate surface area is 200 Å². The first kappa shape index (κ1) is 23.7. The molecule has 6 nitrogen and oxygen atoms in total. The lowest BCUT2D eigenvalue weighted by Gasteiger charge is -2.12. The molecule has 0 spiro atoms. The van der Waals surface area contributed by atoms with E-state index in [1.54, 1.807) is 24.3 Å². The number of nitrogens with one attached hydrogen (secondary N) is 2. The average Bonchev–Trinajstić information content (AvgIpc) is 2.81. The number of halogens is 3. The Kier molecular flexibility index (Phi) is 7.16. The molecule has 0 aliphatic heterocycles. The van der Waals surface area contributed by atoms with Gasteiger partial charge in [0.2, 0.25) is 0 Å². The monoisotopic (exact) mass is 500 g/mol. The Morgan fingerprint density at radius 2 is 1.62 bits per heavy atom. The topological polar surface area (TPSA) is 84.0 Å². The van der Waals surface area contributed by atoms with Crippen molar-refractivity contribution < 1.29 is 17.2 Å². The van der Waals surface area contributed by atoms with Crippen molar-refractivity contribution >= 4 is 27.4 Å². The van der Waals surface area contributed by atoms with E-state index in [1.165, 1.54) is 36.7 Å². The molecule has 0 bridgehead atoms. The van der Waals surface area contributed by atoms with Gasteiger partial charge in [0.05, 0.1) is 5.02 Å². The highest BCUT2D eigenvalue weighted by molar-refractivity contribution is 7.92. The maximum absolute atomic E-state index is 13.8. The van der Waals surface area contributed by atoms with E-state index in [0.29, 0.717) is 23.4 Å². The molecule has 4 aromatic rings. The molecular weight excluding hydrogens is 482 g/mol. The number of sulfonamides is 1. The molecule has 2 N–H and O–H groups in total. The summed E-state index contributed by atoms with van der Waals surface area (Å²) >= 11 is 6.05. The molecule has 3 aromatic carbocycles. The van der Waals surface area contributed by atoms with Crippen molar-refractivity contribution in [2.24, 2.45) is 0 Å². The number of anilines is 1. The number of hydrogen-bond donors (Lipinski definition) is 2. The summed E-state index contributed by atoms with van der Waals surface area (Å²) in [6, 6.07) is 16.8. The summed E-state index contributed by atoms with van der Waals surface area (Å²) in [5, 5.41) is 3.20. The second kappa shape index (κ2) is 10.3. The van der Waals surface area contributed by atoms with Gasteiger partial charge in [-0.15, -0.1) is 0 Å². The second-order valence-electron chi connectivity index (χ2n) is 7.33. The van der Waals surface area contributed by atoms with Crippen LogP contribution in [0.1, 0.15) is 11.1 Å². The smallest absolute Gasteiger partial charge is 0.264 e. The average molecular weight is 501 g/mol. The first-order valence-electron chi connectivity index (χ1n) is 10.2. The van der Waals surface area contributed by atoms with Crippen LogP contribution < -0.4 is 10.0 Å². The standard InChI is InChI=1S/C24H19ClF2N4O2S/c25-20-3-1-2-4-22(20)34(32,33)31-24-23(29-11-12-30-24)17-7-5-16(6-8-17)14-28-15-18-9-10-19(26)13-21(18)27/h1-13,28H,14-15H2,(H,30,31). The molecule has 0 unspecified atom stereocenters. The fraction of sp³-hybridized carbons (Fsp3) is 0.0833. The van der Waals surface area contributed by atoms with Gasteiger partial charge in [0.15, 0.2) is 5.82 Å². The van der Waals surface area contributed by atoms with Gasteiger partial charge in [0.25, 0.3) is 10.0 Å². The molecule has 0 saturated heterocycles. The lowest BCUT2D eigenvalue weighted by Crippen LogP contribution is -2.15. The van der Waals surface area contributed by atoms with E-state index in [4.69, 9.17) is 11.6 Å². The second-order valence-corrected chi connectivity index (χ2v) is 9.38. The van der Waals surface area contributed by atoms with Crippen molar-refractivity contribution in [2.45, 2.75) is 18.0 Å². The van der Waals surface area contributed by atoms with E-state index in [-0.39, 0.29) is 22.3 Å². The molecule has 1 heterocycles. The minimum Gasteiger partial charge on any atom is -0.309 e. The molecule has 174 valence electrons. The number of rotatable bonds is 8. The van der Waals surface area contributed by atoms with Crippen molar-refractivity contribution in [3.63, 3.8) is 0 Å². The van der Waals surface area contributed by atoms with Crippen LogP contribution in [0.25, 0.3) is 11.3 Å². The predicted octanol–water partition coefficient (Wildman–Crippen LogP) is 5.17. The van der Waals surface area contributed by atoms with Crippen LogP contribution in [-0.2, 0) is 23.1 Å². The summed E-state index contributed by atoms with van der Waals surface area (Å²) in [5.74, 6) is -1.15. The summed E-state index contributed by atoms with van der Waals surface area (Å²) in [5.41, 5.74) is 2.28. The van der Waals surface area contributed by atoms with Crippen LogP contribution >= 0.6 is 11.6 Å². The van der Waals surface area contributed by atoms with Crippen LogP contribution in [0.4, 0.5) is 14.6 Å². The molecule has 1 aromatic heterocycles. The van der Waals surface area contributed by atoms with E-state index in [9.17, 15) is 17.2 Å². The minimum atomic E-state index is -3.98. The van der Waals surface area contributed by atoms with Crippen LogP contribution in [0.5, 0.6) is 0 Å². The zero-order valence-electron chi connectivity index (χ0n) is 17.7. The van der Waals surface area contributed by atoms with Gasteiger partial charge in [-0.3, -0.25) is 9.71 Å². The number of hydrogen-bond acceptors (Lipinski definition) is 5. The van der Waals surface area contributed by atoms with Gasteiger partial charge in [-0.25, -0.2) is 22.2 Å². The van der Waals surface area contributed by atoms with E-state index < -0.39 is 21.7 Å². The van der Waals surface area contributed by atoms with E-state index in [0.717, 1.165) is 11.6 Å². The normalized spacial score (nSPS) is 11.4. The summed E-state index contributed by atoms with van der Waals surface area (Å²) in [7, 11) is -3.98. The first-order chi connectivity index (χ1) is 16.3. The summed E-state index contributed by atoms with van der Waals surface area (Å²) in [4.78, 5) is 8.37. The quantitative estimate of drug-likeness (QED) is 0.349. The Balaban J connectivity index is 1.47. The number of aromatic nitrogens is 2. The molecule has 0 atom stereocenters. The molecule has 0 fully saturated rings. The van der Waals surface area contributed by atoms with Crippen molar-refractivity contribution in [2.75, 3.05) is 4.72 Å². The maximum atomic E-state index is 13.8. The fourth-order valence-electron chi connectivity index (χ4n) is 3.26. The summed E-state index contributed by atoms with van der Waals surface area (Å²) in [6.45, 7) is 0.690. The molecule has 34 heavy (non-hydrogen) atoms. The zero-order chi connectivity index (χ0) is 24.1. The van der Waals surface area contributed by atoms with Crippen LogP contribution in [0, 0.1) is 11.6 Å². The van der Waals surface area contributed by atoms with Crippen molar-refractivity contribution in [1.82, 2.24) is 15.3 Å². The highest BCUT2D eigenvalue weighted by atomic mass is 35.5. The number of benzene rings is 3. The third kappa shape index (κ3) is 5.56. The predicted molar refractivity (Wildman–Crippen MR) is 127 cm³/mol. The van der Waals surface area contributed by atoms with Crippen LogP contribution in [0.3, 0.4) is 0 Å². The minimum absolute atomic E-state index is 0.0627. The summed E-state index contributed by atoms with van der Waals surface area (Å²) in [6.07, 6.45) is 2.86. The molecular formula is C24H19ClF2N4O2S. The molecule has 0 radical (unpaired) electrons. The molecule has 0 aliphatic carbocycles. The van der Waals surface area contributed by atoms with E-state index >= 15 is 0 Å². The lowest BCUT2D eigenvalue weighted by molar-refractivity contribution is 0.560. The summed E-state index contributed by atoms with van der Waals surface area (Å²) < 4.78 is 54.9. The van der Waals surface area contributed by atoms with E-state index in [2.05, 4.69) is 20.0 Å². The molecule has 0 saturated carbocycles. The van der Waals surface area contributed by atoms with Gasteiger partial charge in [0, 0.05) is 42.7 Å². The fourth-order valence-corrected chi connectivity index (χ4v) is 4.79.